The second-order valence-electron chi connectivity index (χ2n) is 6.80. The lowest BCUT2D eigenvalue weighted by Gasteiger charge is -2.19. The van der Waals surface area contributed by atoms with Crippen molar-refractivity contribution < 1.29 is 0 Å². The summed E-state index contributed by atoms with van der Waals surface area (Å²) in [5, 5.41) is 0. The highest BCUT2D eigenvalue weighted by Crippen LogP contribution is 2.36. The number of fused-ring (bicyclic) bond motifs is 2. The van der Waals surface area contributed by atoms with Gasteiger partial charge in [0.25, 0.3) is 0 Å². The molecule has 1 aromatic rings. The number of hydrogen-bond donors (Lipinski definition) is 0. The van der Waals surface area contributed by atoms with Crippen molar-refractivity contribution in [2.24, 2.45) is 11.8 Å². The van der Waals surface area contributed by atoms with Gasteiger partial charge in [0.05, 0.1) is 0 Å². The summed E-state index contributed by atoms with van der Waals surface area (Å²) in [6, 6.07) is 5.68. The third-order valence-electron chi connectivity index (χ3n) is 4.91. The second kappa shape index (κ2) is 4.38. The van der Waals surface area contributed by atoms with Crippen LogP contribution in [0.2, 0.25) is 0 Å². The van der Waals surface area contributed by atoms with Crippen LogP contribution >= 0.6 is 0 Å². The highest BCUT2D eigenvalue weighted by Gasteiger charge is 2.28. The first-order valence-electron chi connectivity index (χ1n) is 7.42. The fourth-order valence-corrected chi connectivity index (χ4v) is 3.43. The lowest BCUT2D eigenvalue weighted by Crippen LogP contribution is -2.24. The van der Waals surface area contributed by atoms with Gasteiger partial charge in [-0.1, -0.05) is 26.0 Å². The predicted molar refractivity (Wildman–Crippen MR) is 76.6 cm³/mol. The Balaban J connectivity index is 1.85. The molecule has 0 amide bonds. The number of nitrogens with zero attached hydrogens (tertiary/aromatic N) is 1. The molecule has 2 aliphatic rings. The Morgan fingerprint density at radius 3 is 1.78 bits per heavy atom. The summed E-state index contributed by atoms with van der Waals surface area (Å²) in [4.78, 5) is 2.57. The molecule has 0 aromatic heterocycles. The first-order valence-corrected chi connectivity index (χ1v) is 7.42. The van der Waals surface area contributed by atoms with Gasteiger partial charge in [-0.2, -0.15) is 0 Å². The van der Waals surface area contributed by atoms with Crippen molar-refractivity contribution in [3.05, 3.63) is 34.4 Å². The summed E-state index contributed by atoms with van der Waals surface area (Å²) in [5.74, 6) is 1.70. The molecule has 1 heteroatoms. The Hall–Kier alpha value is -0.820. The Kier molecular flexibility index (Phi) is 2.97. The normalized spacial score (nSPS) is 19.9. The zero-order valence-corrected chi connectivity index (χ0v) is 12.2. The van der Waals surface area contributed by atoms with Gasteiger partial charge in [0, 0.05) is 19.1 Å². The summed E-state index contributed by atoms with van der Waals surface area (Å²) >= 11 is 0. The minimum atomic E-state index is 0.663. The van der Waals surface area contributed by atoms with E-state index in [1.54, 1.807) is 22.3 Å². The minimum absolute atomic E-state index is 0.663. The van der Waals surface area contributed by atoms with Crippen molar-refractivity contribution in [3.8, 4) is 0 Å². The standard InChI is InChI=1S/C17H25N/c1-11(2)13-5-14-7-16-9-18(12(3)4)10-17(16)8-15(14)6-13/h7-8,11-13H,5-6,9-10H2,1-4H3. The second-order valence-corrected chi connectivity index (χ2v) is 6.80. The lowest BCUT2D eigenvalue weighted by molar-refractivity contribution is 0.227. The van der Waals surface area contributed by atoms with Crippen molar-refractivity contribution in [3.63, 3.8) is 0 Å². The van der Waals surface area contributed by atoms with E-state index in [9.17, 15) is 0 Å². The van der Waals surface area contributed by atoms with E-state index in [0.29, 0.717) is 6.04 Å². The Morgan fingerprint density at radius 1 is 0.889 bits per heavy atom. The topological polar surface area (TPSA) is 3.24 Å². The number of rotatable bonds is 2. The monoisotopic (exact) mass is 243 g/mol. The highest BCUT2D eigenvalue weighted by atomic mass is 15.2. The van der Waals surface area contributed by atoms with Crippen LogP contribution in [0.15, 0.2) is 12.1 Å². The van der Waals surface area contributed by atoms with Crippen LogP contribution in [-0.2, 0) is 25.9 Å². The summed E-state index contributed by atoms with van der Waals surface area (Å²) < 4.78 is 0. The van der Waals surface area contributed by atoms with Crippen molar-refractivity contribution in [2.75, 3.05) is 0 Å². The van der Waals surface area contributed by atoms with Gasteiger partial charge in [-0.3, -0.25) is 4.90 Å². The van der Waals surface area contributed by atoms with Crippen LogP contribution in [0.1, 0.15) is 49.9 Å². The maximum atomic E-state index is 2.57. The molecule has 0 unspecified atom stereocenters. The van der Waals surface area contributed by atoms with E-state index in [1.165, 1.54) is 12.8 Å². The maximum absolute atomic E-state index is 2.57. The molecular weight excluding hydrogens is 218 g/mol. The molecule has 98 valence electrons. The smallest absolute Gasteiger partial charge is 0.0243 e. The van der Waals surface area contributed by atoms with Crippen molar-refractivity contribution in [1.29, 1.82) is 0 Å². The molecule has 0 saturated heterocycles. The first-order chi connectivity index (χ1) is 8.54. The summed E-state index contributed by atoms with van der Waals surface area (Å²) in [5.41, 5.74) is 6.45. The molecule has 1 aromatic carbocycles. The van der Waals surface area contributed by atoms with E-state index in [-0.39, 0.29) is 0 Å². The molecule has 0 bridgehead atoms. The van der Waals surface area contributed by atoms with Crippen LogP contribution in [0.4, 0.5) is 0 Å². The Labute approximate surface area is 111 Å². The molecule has 0 N–H and O–H groups in total. The molecule has 1 nitrogen and oxygen atoms in total. The predicted octanol–water partition coefficient (Wildman–Crippen LogP) is 3.78. The van der Waals surface area contributed by atoms with Gasteiger partial charge in [0.15, 0.2) is 0 Å². The minimum Gasteiger partial charge on any atom is -0.292 e. The maximum Gasteiger partial charge on any atom is 0.0243 e. The van der Waals surface area contributed by atoms with Gasteiger partial charge in [0.2, 0.25) is 0 Å². The van der Waals surface area contributed by atoms with Gasteiger partial charge in [-0.05, 0) is 60.8 Å². The Morgan fingerprint density at radius 2 is 1.39 bits per heavy atom. The van der Waals surface area contributed by atoms with E-state index < -0.39 is 0 Å². The average Bonchev–Trinajstić information content (AvgIpc) is 2.87. The van der Waals surface area contributed by atoms with Gasteiger partial charge >= 0.3 is 0 Å². The van der Waals surface area contributed by atoms with Crippen molar-refractivity contribution in [2.45, 2.75) is 59.7 Å². The van der Waals surface area contributed by atoms with E-state index in [1.807, 2.05) is 0 Å². The van der Waals surface area contributed by atoms with E-state index in [4.69, 9.17) is 0 Å². The molecule has 1 heterocycles. The molecule has 3 rings (SSSR count). The summed E-state index contributed by atoms with van der Waals surface area (Å²) in [6.07, 6.45) is 2.61. The SMILES string of the molecule is CC(C)C1Cc2cc3c(cc2C1)CN(C(C)C)C3. The molecule has 0 radical (unpaired) electrons. The molecule has 0 atom stereocenters. The van der Waals surface area contributed by atoms with Gasteiger partial charge in [-0.25, -0.2) is 0 Å². The Bertz CT molecular complexity index is 385. The molecule has 0 spiro atoms. The number of hydrogen-bond acceptors (Lipinski definition) is 1. The average molecular weight is 243 g/mol. The zero-order chi connectivity index (χ0) is 12.9. The molecule has 1 aliphatic heterocycles. The van der Waals surface area contributed by atoms with Gasteiger partial charge < -0.3 is 0 Å². The zero-order valence-electron chi connectivity index (χ0n) is 12.2. The fraction of sp³-hybridized carbons (Fsp3) is 0.647. The third kappa shape index (κ3) is 1.99. The molecule has 18 heavy (non-hydrogen) atoms. The quantitative estimate of drug-likeness (QED) is 0.764. The van der Waals surface area contributed by atoms with Crippen LogP contribution in [0, 0.1) is 11.8 Å². The first kappa shape index (κ1) is 12.2. The van der Waals surface area contributed by atoms with E-state index in [0.717, 1.165) is 24.9 Å². The summed E-state index contributed by atoms with van der Waals surface area (Å²) in [7, 11) is 0. The van der Waals surface area contributed by atoms with Crippen LogP contribution in [0.5, 0.6) is 0 Å². The van der Waals surface area contributed by atoms with Crippen molar-refractivity contribution in [1.82, 2.24) is 4.90 Å². The summed E-state index contributed by atoms with van der Waals surface area (Å²) in [6.45, 7) is 11.7. The van der Waals surface area contributed by atoms with Crippen LogP contribution < -0.4 is 0 Å². The van der Waals surface area contributed by atoms with Crippen molar-refractivity contribution >= 4 is 0 Å². The van der Waals surface area contributed by atoms with E-state index >= 15 is 0 Å². The molecule has 0 fully saturated rings. The third-order valence-corrected chi connectivity index (χ3v) is 4.91. The van der Waals surface area contributed by atoms with Gasteiger partial charge in [0.1, 0.15) is 0 Å². The molecule has 1 aliphatic carbocycles. The van der Waals surface area contributed by atoms with Gasteiger partial charge in [-0.15, -0.1) is 0 Å². The van der Waals surface area contributed by atoms with Crippen LogP contribution in [0.25, 0.3) is 0 Å². The van der Waals surface area contributed by atoms with Crippen LogP contribution in [-0.4, -0.2) is 10.9 Å². The number of benzene rings is 1. The fourth-order valence-electron chi connectivity index (χ4n) is 3.43. The molecular formula is C17H25N. The highest BCUT2D eigenvalue weighted by molar-refractivity contribution is 5.43. The van der Waals surface area contributed by atoms with Crippen LogP contribution in [0.3, 0.4) is 0 Å². The molecule has 0 saturated carbocycles. The lowest BCUT2D eigenvalue weighted by atomic mass is 9.93. The largest absolute Gasteiger partial charge is 0.292 e. The van der Waals surface area contributed by atoms with E-state index in [2.05, 4.69) is 44.7 Å².